The Labute approximate surface area is 103 Å². The Hall–Kier alpha value is 0.110. The van der Waals surface area contributed by atoms with Gasteiger partial charge in [0, 0.05) is 22.1 Å². The highest BCUT2D eigenvalue weighted by Crippen LogP contribution is 2.33. The van der Waals surface area contributed by atoms with Crippen molar-refractivity contribution in [3.05, 3.63) is 0 Å². The van der Waals surface area contributed by atoms with E-state index in [9.17, 15) is 4.21 Å². The zero-order valence-corrected chi connectivity index (χ0v) is 12.1. The van der Waals surface area contributed by atoms with Crippen LogP contribution in [-0.4, -0.2) is 27.8 Å². The lowest BCUT2D eigenvalue weighted by atomic mass is 9.80. The molecule has 1 aliphatic carbocycles. The summed E-state index contributed by atoms with van der Waals surface area (Å²) in [4.78, 5) is 0. The summed E-state index contributed by atoms with van der Waals surface area (Å²) in [6.07, 6.45) is 3.42. The van der Waals surface area contributed by atoms with E-state index in [1.54, 1.807) is 0 Å². The third-order valence-electron chi connectivity index (χ3n) is 4.00. The molecule has 3 heteroatoms. The molecule has 1 rings (SSSR count). The molecule has 0 aromatic carbocycles. The molecule has 0 spiro atoms. The Morgan fingerprint density at radius 3 is 2.50 bits per heavy atom. The standard InChI is InChI=1S/C13H27NOS/c1-6-11(4)16(15)13-10(3)7-9(2)8-12(13)14-5/h9-14H,6-8H2,1-5H3. The van der Waals surface area contributed by atoms with Crippen molar-refractivity contribution in [3.63, 3.8) is 0 Å². The molecule has 1 N–H and O–H groups in total. The maximum atomic E-state index is 12.5. The second kappa shape index (κ2) is 6.15. The van der Waals surface area contributed by atoms with Gasteiger partial charge in [-0.3, -0.25) is 4.21 Å². The first-order chi connectivity index (χ1) is 7.51. The molecule has 0 radical (unpaired) electrons. The second-order valence-corrected chi connectivity index (χ2v) is 7.47. The number of nitrogens with one attached hydrogen (secondary N) is 1. The fourth-order valence-corrected chi connectivity index (χ4v) is 4.94. The summed E-state index contributed by atoms with van der Waals surface area (Å²) in [7, 11) is 1.32. The molecule has 1 saturated carbocycles. The van der Waals surface area contributed by atoms with Crippen molar-refractivity contribution in [2.75, 3.05) is 7.05 Å². The van der Waals surface area contributed by atoms with Crippen molar-refractivity contribution in [1.29, 1.82) is 0 Å². The van der Waals surface area contributed by atoms with Crippen molar-refractivity contribution < 1.29 is 4.21 Å². The topological polar surface area (TPSA) is 29.1 Å². The molecular formula is C13H27NOS. The van der Waals surface area contributed by atoms with Crippen molar-refractivity contribution in [3.8, 4) is 0 Å². The van der Waals surface area contributed by atoms with Gasteiger partial charge >= 0.3 is 0 Å². The quantitative estimate of drug-likeness (QED) is 0.825. The molecule has 0 aliphatic heterocycles. The van der Waals surface area contributed by atoms with Crippen LogP contribution in [0.4, 0.5) is 0 Å². The van der Waals surface area contributed by atoms with Gasteiger partial charge in [-0.2, -0.15) is 0 Å². The third-order valence-corrected chi connectivity index (χ3v) is 6.45. The summed E-state index contributed by atoms with van der Waals surface area (Å²) in [5.41, 5.74) is 0. The molecule has 1 aliphatic rings. The molecule has 0 bridgehead atoms. The molecule has 0 aromatic heterocycles. The van der Waals surface area contributed by atoms with Crippen LogP contribution in [0.1, 0.15) is 47.0 Å². The van der Waals surface area contributed by atoms with Crippen molar-refractivity contribution >= 4 is 10.8 Å². The zero-order chi connectivity index (χ0) is 12.3. The van der Waals surface area contributed by atoms with Crippen LogP contribution >= 0.6 is 0 Å². The highest BCUT2D eigenvalue weighted by atomic mass is 32.2. The van der Waals surface area contributed by atoms with Gasteiger partial charge in [-0.05, 0) is 38.1 Å². The monoisotopic (exact) mass is 245 g/mol. The lowest BCUT2D eigenvalue weighted by molar-refractivity contribution is 0.253. The number of hydrogen-bond donors (Lipinski definition) is 1. The molecule has 6 atom stereocenters. The summed E-state index contributed by atoms with van der Waals surface area (Å²) < 4.78 is 12.5. The van der Waals surface area contributed by atoms with Crippen molar-refractivity contribution in [2.45, 2.75) is 63.5 Å². The van der Waals surface area contributed by atoms with Crippen molar-refractivity contribution in [1.82, 2.24) is 5.32 Å². The maximum absolute atomic E-state index is 12.5. The first kappa shape index (κ1) is 14.2. The molecule has 0 saturated heterocycles. The van der Waals surface area contributed by atoms with Crippen LogP contribution in [0.25, 0.3) is 0 Å². The molecule has 0 heterocycles. The van der Waals surface area contributed by atoms with E-state index in [1.807, 2.05) is 7.05 Å². The lowest BCUT2D eigenvalue weighted by Gasteiger charge is -2.40. The van der Waals surface area contributed by atoms with Crippen LogP contribution in [0.2, 0.25) is 0 Å². The number of hydrogen-bond acceptors (Lipinski definition) is 2. The van der Waals surface area contributed by atoms with Crippen LogP contribution in [-0.2, 0) is 10.8 Å². The summed E-state index contributed by atoms with van der Waals surface area (Å²) in [6.45, 7) is 8.83. The molecule has 0 aromatic rings. The van der Waals surface area contributed by atoms with E-state index in [2.05, 4.69) is 33.0 Å². The van der Waals surface area contributed by atoms with Gasteiger partial charge in [0.25, 0.3) is 0 Å². The minimum absolute atomic E-state index is 0.330. The minimum atomic E-state index is -0.689. The van der Waals surface area contributed by atoms with Gasteiger partial charge in [0.15, 0.2) is 0 Å². The Bertz CT molecular complexity index is 244. The SMILES string of the molecule is CCC(C)S(=O)C1C(C)CC(C)CC1NC. The van der Waals surface area contributed by atoms with Gasteiger partial charge in [-0.15, -0.1) is 0 Å². The summed E-state index contributed by atoms with van der Waals surface area (Å²) in [5.74, 6) is 1.34. The van der Waals surface area contributed by atoms with Gasteiger partial charge < -0.3 is 5.32 Å². The van der Waals surface area contributed by atoms with Gasteiger partial charge in [0.2, 0.25) is 0 Å². The molecular weight excluding hydrogens is 218 g/mol. The van der Waals surface area contributed by atoms with E-state index < -0.39 is 10.8 Å². The van der Waals surface area contributed by atoms with Crippen LogP contribution in [0, 0.1) is 11.8 Å². The lowest BCUT2D eigenvalue weighted by Crippen LogP contribution is -2.50. The Balaban J connectivity index is 2.78. The predicted molar refractivity (Wildman–Crippen MR) is 72.1 cm³/mol. The first-order valence-electron chi connectivity index (χ1n) is 6.57. The predicted octanol–water partition coefficient (Wildman–Crippen LogP) is 2.56. The average molecular weight is 245 g/mol. The smallest absolute Gasteiger partial charge is 0.0529 e. The van der Waals surface area contributed by atoms with Gasteiger partial charge in [-0.1, -0.05) is 27.7 Å². The largest absolute Gasteiger partial charge is 0.316 e. The van der Waals surface area contributed by atoms with Gasteiger partial charge in [0.05, 0.1) is 5.25 Å². The Morgan fingerprint density at radius 1 is 1.38 bits per heavy atom. The normalized spacial score (nSPS) is 39.3. The molecule has 16 heavy (non-hydrogen) atoms. The summed E-state index contributed by atoms with van der Waals surface area (Å²) in [6, 6.07) is 0.439. The van der Waals surface area contributed by atoms with E-state index in [0.29, 0.717) is 22.5 Å². The molecule has 2 nitrogen and oxygen atoms in total. The first-order valence-corrected chi connectivity index (χ1v) is 7.85. The Kier molecular flexibility index (Phi) is 5.45. The minimum Gasteiger partial charge on any atom is -0.316 e. The highest BCUT2D eigenvalue weighted by Gasteiger charge is 2.38. The summed E-state index contributed by atoms with van der Waals surface area (Å²) in [5, 5.41) is 4.06. The second-order valence-electron chi connectivity index (χ2n) is 5.46. The Morgan fingerprint density at radius 2 is 2.00 bits per heavy atom. The fourth-order valence-electron chi connectivity index (χ4n) is 2.93. The van der Waals surface area contributed by atoms with E-state index in [0.717, 1.165) is 12.3 Å². The van der Waals surface area contributed by atoms with Crippen LogP contribution in [0.3, 0.4) is 0 Å². The molecule has 0 amide bonds. The third kappa shape index (κ3) is 3.07. The number of rotatable bonds is 4. The zero-order valence-electron chi connectivity index (χ0n) is 11.3. The van der Waals surface area contributed by atoms with Gasteiger partial charge in [0.1, 0.15) is 0 Å². The van der Waals surface area contributed by atoms with E-state index >= 15 is 0 Å². The van der Waals surface area contributed by atoms with Crippen molar-refractivity contribution in [2.24, 2.45) is 11.8 Å². The van der Waals surface area contributed by atoms with E-state index in [1.165, 1.54) is 12.8 Å². The highest BCUT2D eigenvalue weighted by molar-refractivity contribution is 7.86. The maximum Gasteiger partial charge on any atom is 0.0529 e. The van der Waals surface area contributed by atoms with Crippen LogP contribution < -0.4 is 5.32 Å². The van der Waals surface area contributed by atoms with Crippen LogP contribution in [0.15, 0.2) is 0 Å². The van der Waals surface area contributed by atoms with E-state index in [4.69, 9.17) is 0 Å². The van der Waals surface area contributed by atoms with Crippen LogP contribution in [0.5, 0.6) is 0 Å². The molecule has 96 valence electrons. The van der Waals surface area contributed by atoms with E-state index in [-0.39, 0.29) is 0 Å². The summed E-state index contributed by atoms with van der Waals surface area (Å²) >= 11 is 0. The fraction of sp³-hybridized carbons (Fsp3) is 1.00. The molecule has 1 fully saturated rings. The van der Waals surface area contributed by atoms with Gasteiger partial charge in [-0.25, -0.2) is 0 Å². The molecule has 6 unspecified atom stereocenters. The average Bonchev–Trinajstić information content (AvgIpc) is 2.26.